The van der Waals surface area contributed by atoms with E-state index in [0.29, 0.717) is 0 Å². The Morgan fingerprint density at radius 3 is 2.72 bits per heavy atom. The largest absolute Gasteiger partial charge is 0.388 e. The van der Waals surface area contributed by atoms with Crippen molar-refractivity contribution >= 4 is 11.4 Å². The number of nitrogens with one attached hydrogen (secondary N) is 1. The standard InChI is InChI=1S/C15H25N3/c1-4-17(5-2)10-11-18-9-8-13-12-14(16-3)6-7-15(13)18/h6-7,12,16H,4-5,8-11H2,1-3H3. The predicted octanol–water partition coefficient (Wildman–Crippen LogP) is 2.43. The number of hydrogen-bond donors (Lipinski definition) is 1. The van der Waals surface area contributed by atoms with Gasteiger partial charge in [-0.05, 0) is 43.3 Å². The third kappa shape index (κ3) is 2.78. The monoisotopic (exact) mass is 247 g/mol. The maximum absolute atomic E-state index is 3.21. The summed E-state index contributed by atoms with van der Waals surface area (Å²) in [7, 11) is 1.98. The summed E-state index contributed by atoms with van der Waals surface area (Å²) in [6, 6.07) is 6.72. The Morgan fingerprint density at radius 2 is 2.06 bits per heavy atom. The van der Waals surface area contributed by atoms with Gasteiger partial charge in [0.25, 0.3) is 0 Å². The maximum atomic E-state index is 3.21. The van der Waals surface area contributed by atoms with Gasteiger partial charge in [-0.15, -0.1) is 0 Å². The molecule has 0 aliphatic carbocycles. The van der Waals surface area contributed by atoms with Gasteiger partial charge in [0.2, 0.25) is 0 Å². The third-order valence-electron chi connectivity index (χ3n) is 3.94. The van der Waals surface area contributed by atoms with Crippen LogP contribution in [-0.2, 0) is 6.42 Å². The molecule has 18 heavy (non-hydrogen) atoms. The fourth-order valence-corrected chi connectivity index (χ4v) is 2.66. The van der Waals surface area contributed by atoms with E-state index in [2.05, 4.69) is 47.2 Å². The van der Waals surface area contributed by atoms with Crippen LogP contribution in [0.15, 0.2) is 18.2 Å². The molecule has 0 aromatic heterocycles. The van der Waals surface area contributed by atoms with Crippen molar-refractivity contribution in [3.05, 3.63) is 23.8 Å². The summed E-state index contributed by atoms with van der Waals surface area (Å²) in [5.41, 5.74) is 4.14. The van der Waals surface area contributed by atoms with E-state index in [9.17, 15) is 0 Å². The number of anilines is 2. The van der Waals surface area contributed by atoms with Crippen LogP contribution in [0.5, 0.6) is 0 Å². The van der Waals surface area contributed by atoms with Crippen LogP contribution < -0.4 is 10.2 Å². The Bertz CT molecular complexity index is 385. The predicted molar refractivity (Wildman–Crippen MR) is 79.7 cm³/mol. The van der Waals surface area contributed by atoms with E-state index in [-0.39, 0.29) is 0 Å². The molecule has 1 aliphatic heterocycles. The minimum atomic E-state index is 1.15. The molecule has 3 heteroatoms. The van der Waals surface area contributed by atoms with Gasteiger partial charge in [-0.1, -0.05) is 13.8 Å². The van der Waals surface area contributed by atoms with Crippen molar-refractivity contribution in [2.45, 2.75) is 20.3 Å². The average molecular weight is 247 g/mol. The Kier molecular flexibility index (Phi) is 4.48. The van der Waals surface area contributed by atoms with Gasteiger partial charge in [0.15, 0.2) is 0 Å². The molecule has 0 amide bonds. The van der Waals surface area contributed by atoms with Crippen LogP contribution >= 0.6 is 0 Å². The quantitative estimate of drug-likeness (QED) is 0.833. The highest BCUT2D eigenvalue weighted by Crippen LogP contribution is 2.29. The first-order valence-corrected chi connectivity index (χ1v) is 7.06. The Labute approximate surface area is 111 Å². The molecule has 0 spiro atoms. The maximum Gasteiger partial charge on any atom is 0.0401 e. The molecule has 0 radical (unpaired) electrons. The number of likely N-dealkylation sites (N-methyl/N-ethyl adjacent to an activating group) is 1. The Balaban J connectivity index is 1.99. The highest BCUT2D eigenvalue weighted by atomic mass is 15.2. The number of hydrogen-bond acceptors (Lipinski definition) is 3. The van der Waals surface area contributed by atoms with Gasteiger partial charge in [-0.25, -0.2) is 0 Å². The highest BCUT2D eigenvalue weighted by molar-refractivity contribution is 5.64. The lowest BCUT2D eigenvalue weighted by atomic mass is 10.1. The van der Waals surface area contributed by atoms with Crippen LogP contribution in [0.4, 0.5) is 11.4 Å². The molecule has 1 N–H and O–H groups in total. The van der Waals surface area contributed by atoms with Crippen molar-refractivity contribution < 1.29 is 0 Å². The summed E-state index contributed by atoms with van der Waals surface area (Å²) in [6.07, 6.45) is 1.18. The van der Waals surface area contributed by atoms with Crippen molar-refractivity contribution in [2.24, 2.45) is 0 Å². The Hall–Kier alpha value is -1.22. The van der Waals surface area contributed by atoms with Crippen LogP contribution in [-0.4, -0.2) is 44.7 Å². The number of rotatable bonds is 6. The summed E-state index contributed by atoms with van der Waals surface area (Å²) in [6.45, 7) is 10.3. The van der Waals surface area contributed by atoms with E-state index in [1.807, 2.05) is 7.05 Å². The lowest BCUT2D eigenvalue weighted by Gasteiger charge is -2.24. The first-order chi connectivity index (χ1) is 8.78. The SMILES string of the molecule is CCN(CC)CCN1CCc2cc(NC)ccc21. The van der Waals surface area contributed by atoms with E-state index in [1.165, 1.54) is 36.4 Å². The molecule has 2 rings (SSSR count). The molecule has 100 valence electrons. The van der Waals surface area contributed by atoms with E-state index in [1.54, 1.807) is 0 Å². The number of fused-ring (bicyclic) bond motifs is 1. The lowest BCUT2D eigenvalue weighted by Crippen LogP contribution is -2.34. The molecular formula is C15H25N3. The summed E-state index contributed by atoms with van der Waals surface area (Å²) in [4.78, 5) is 5.01. The topological polar surface area (TPSA) is 18.5 Å². The minimum absolute atomic E-state index is 1.15. The van der Waals surface area contributed by atoms with Crippen molar-refractivity contribution in [1.29, 1.82) is 0 Å². The molecule has 0 saturated carbocycles. The van der Waals surface area contributed by atoms with Crippen LogP contribution in [0.2, 0.25) is 0 Å². The molecule has 3 nitrogen and oxygen atoms in total. The second-order valence-corrected chi connectivity index (χ2v) is 4.86. The zero-order valence-corrected chi connectivity index (χ0v) is 11.9. The van der Waals surface area contributed by atoms with Gasteiger partial charge in [0.1, 0.15) is 0 Å². The zero-order chi connectivity index (χ0) is 13.0. The molecule has 0 bridgehead atoms. The second kappa shape index (κ2) is 6.10. The first-order valence-electron chi connectivity index (χ1n) is 7.06. The van der Waals surface area contributed by atoms with E-state index >= 15 is 0 Å². The number of benzene rings is 1. The second-order valence-electron chi connectivity index (χ2n) is 4.86. The normalized spacial score (nSPS) is 14.1. The van der Waals surface area contributed by atoms with Gasteiger partial charge in [0.05, 0.1) is 0 Å². The van der Waals surface area contributed by atoms with Crippen molar-refractivity contribution in [2.75, 3.05) is 50.0 Å². The molecular weight excluding hydrogens is 222 g/mol. The van der Waals surface area contributed by atoms with Crippen LogP contribution in [0, 0.1) is 0 Å². The van der Waals surface area contributed by atoms with Crippen molar-refractivity contribution in [1.82, 2.24) is 4.90 Å². The fourth-order valence-electron chi connectivity index (χ4n) is 2.66. The van der Waals surface area contributed by atoms with Crippen LogP contribution in [0.3, 0.4) is 0 Å². The molecule has 0 fully saturated rings. The minimum Gasteiger partial charge on any atom is -0.388 e. The summed E-state index contributed by atoms with van der Waals surface area (Å²) in [5, 5.41) is 3.21. The molecule has 0 unspecified atom stereocenters. The highest BCUT2D eigenvalue weighted by Gasteiger charge is 2.19. The average Bonchev–Trinajstić information content (AvgIpc) is 2.82. The van der Waals surface area contributed by atoms with Gasteiger partial charge in [-0.3, -0.25) is 0 Å². The molecule has 1 aliphatic rings. The van der Waals surface area contributed by atoms with Gasteiger partial charge < -0.3 is 15.1 Å². The van der Waals surface area contributed by atoms with E-state index < -0.39 is 0 Å². The summed E-state index contributed by atoms with van der Waals surface area (Å²) >= 11 is 0. The van der Waals surface area contributed by atoms with E-state index in [4.69, 9.17) is 0 Å². The van der Waals surface area contributed by atoms with Crippen LogP contribution in [0.1, 0.15) is 19.4 Å². The zero-order valence-electron chi connectivity index (χ0n) is 11.9. The van der Waals surface area contributed by atoms with Crippen LogP contribution in [0.25, 0.3) is 0 Å². The van der Waals surface area contributed by atoms with Gasteiger partial charge in [0, 0.05) is 38.1 Å². The molecule has 0 saturated heterocycles. The van der Waals surface area contributed by atoms with Crippen molar-refractivity contribution in [3.63, 3.8) is 0 Å². The lowest BCUT2D eigenvalue weighted by molar-refractivity contribution is 0.310. The van der Waals surface area contributed by atoms with Gasteiger partial charge >= 0.3 is 0 Å². The smallest absolute Gasteiger partial charge is 0.0401 e. The number of nitrogens with zero attached hydrogens (tertiary/aromatic N) is 2. The first kappa shape index (κ1) is 13.2. The fraction of sp³-hybridized carbons (Fsp3) is 0.600. The molecule has 1 heterocycles. The van der Waals surface area contributed by atoms with Gasteiger partial charge in [-0.2, -0.15) is 0 Å². The third-order valence-corrected chi connectivity index (χ3v) is 3.94. The van der Waals surface area contributed by atoms with Crippen molar-refractivity contribution in [3.8, 4) is 0 Å². The summed E-state index contributed by atoms with van der Waals surface area (Å²) < 4.78 is 0. The summed E-state index contributed by atoms with van der Waals surface area (Å²) in [5.74, 6) is 0. The Morgan fingerprint density at radius 1 is 1.28 bits per heavy atom. The molecule has 1 aromatic rings. The molecule has 1 aromatic carbocycles. The molecule has 0 atom stereocenters. The van der Waals surface area contributed by atoms with E-state index in [0.717, 1.165) is 19.6 Å².